The minimum Gasteiger partial charge on any atom is -0.385 e. The smallest absolute Gasteiger partial charge is 0.242 e. The molecular formula is C11H15Cl2NO3S. The molecule has 0 spiro atoms. The Labute approximate surface area is 117 Å². The number of benzene rings is 1. The molecule has 0 bridgehead atoms. The van der Waals surface area contributed by atoms with Gasteiger partial charge in [-0.05, 0) is 18.6 Å². The van der Waals surface area contributed by atoms with E-state index in [4.69, 9.17) is 27.9 Å². The van der Waals surface area contributed by atoms with E-state index in [9.17, 15) is 8.42 Å². The SMILES string of the molecule is COCCC(CCl)NS(=O)(=O)c1ccccc1Cl. The highest BCUT2D eigenvalue weighted by molar-refractivity contribution is 7.89. The number of methoxy groups -OCH3 is 1. The first-order chi connectivity index (χ1) is 8.51. The summed E-state index contributed by atoms with van der Waals surface area (Å²) in [7, 11) is -2.11. The second-order valence-corrected chi connectivity index (χ2v) is 6.08. The Bertz CT molecular complexity index is 479. The molecule has 1 aromatic carbocycles. The second-order valence-electron chi connectivity index (χ2n) is 3.68. The highest BCUT2D eigenvalue weighted by Crippen LogP contribution is 2.20. The number of ether oxygens (including phenoxy) is 1. The molecule has 7 heteroatoms. The van der Waals surface area contributed by atoms with Gasteiger partial charge in [-0.25, -0.2) is 13.1 Å². The van der Waals surface area contributed by atoms with E-state index in [1.54, 1.807) is 19.2 Å². The Morgan fingerprint density at radius 3 is 2.61 bits per heavy atom. The van der Waals surface area contributed by atoms with E-state index >= 15 is 0 Å². The van der Waals surface area contributed by atoms with Gasteiger partial charge in [-0.15, -0.1) is 11.6 Å². The van der Waals surface area contributed by atoms with E-state index in [2.05, 4.69) is 4.72 Å². The number of hydrogen-bond acceptors (Lipinski definition) is 3. The fraction of sp³-hybridized carbons (Fsp3) is 0.455. The summed E-state index contributed by atoms with van der Waals surface area (Å²) in [4.78, 5) is 0.0548. The highest BCUT2D eigenvalue weighted by Gasteiger charge is 2.21. The van der Waals surface area contributed by atoms with Crippen LogP contribution in [0.15, 0.2) is 29.2 Å². The molecule has 0 radical (unpaired) electrons. The van der Waals surface area contributed by atoms with Crippen LogP contribution in [0.1, 0.15) is 6.42 Å². The molecule has 0 aliphatic carbocycles. The Hall–Kier alpha value is -0.330. The average molecular weight is 312 g/mol. The first-order valence-electron chi connectivity index (χ1n) is 5.33. The van der Waals surface area contributed by atoms with Crippen molar-refractivity contribution in [1.29, 1.82) is 0 Å². The van der Waals surface area contributed by atoms with Gasteiger partial charge in [0.2, 0.25) is 10.0 Å². The third-order valence-electron chi connectivity index (χ3n) is 2.30. The molecule has 4 nitrogen and oxygen atoms in total. The molecule has 0 aliphatic heterocycles. The predicted molar refractivity (Wildman–Crippen MR) is 72.8 cm³/mol. The molecule has 0 saturated heterocycles. The summed E-state index contributed by atoms with van der Waals surface area (Å²) in [6, 6.07) is 5.89. The number of alkyl halides is 1. The maximum absolute atomic E-state index is 12.1. The van der Waals surface area contributed by atoms with E-state index in [0.29, 0.717) is 13.0 Å². The number of sulfonamides is 1. The van der Waals surface area contributed by atoms with Crippen molar-refractivity contribution in [3.8, 4) is 0 Å². The molecule has 0 fully saturated rings. The summed E-state index contributed by atoms with van der Waals surface area (Å²) >= 11 is 11.6. The van der Waals surface area contributed by atoms with Crippen LogP contribution >= 0.6 is 23.2 Å². The summed E-state index contributed by atoms with van der Waals surface area (Å²) in [6.07, 6.45) is 0.504. The van der Waals surface area contributed by atoms with Crippen LogP contribution in [0.3, 0.4) is 0 Å². The van der Waals surface area contributed by atoms with Gasteiger partial charge in [-0.2, -0.15) is 0 Å². The molecule has 0 saturated carbocycles. The van der Waals surface area contributed by atoms with Gasteiger partial charge >= 0.3 is 0 Å². The second kappa shape index (κ2) is 7.31. The van der Waals surface area contributed by atoms with Crippen molar-refractivity contribution in [3.63, 3.8) is 0 Å². The maximum atomic E-state index is 12.1. The van der Waals surface area contributed by atoms with Crippen LogP contribution in [-0.2, 0) is 14.8 Å². The molecule has 18 heavy (non-hydrogen) atoms. The van der Waals surface area contributed by atoms with Gasteiger partial charge in [-0.3, -0.25) is 0 Å². The quantitative estimate of drug-likeness (QED) is 0.786. The summed E-state index contributed by atoms with van der Waals surface area (Å²) in [5.74, 6) is 0.174. The van der Waals surface area contributed by atoms with Crippen molar-refractivity contribution in [2.45, 2.75) is 17.4 Å². The van der Waals surface area contributed by atoms with Gasteiger partial charge in [0.25, 0.3) is 0 Å². The summed E-state index contributed by atoms with van der Waals surface area (Å²) in [6.45, 7) is 0.433. The fourth-order valence-corrected chi connectivity index (χ4v) is 3.49. The van der Waals surface area contributed by atoms with Crippen LogP contribution < -0.4 is 4.72 Å². The monoisotopic (exact) mass is 311 g/mol. The molecule has 1 aromatic rings. The Kier molecular flexibility index (Phi) is 6.38. The van der Waals surface area contributed by atoms with E-state index < -0.39 is 10.0 Å². The lowest BCUT2D eigenvalue weighted by Gasteiger charge is -2.16. The molecule has 0 aliphatic rings. The van der Waals surface area contributed by atoms with Gasteiger partial charge in [0, 0.05) is 25.6 Å². The molecule has 0 amide bonds. The van der Waals surface area contributed by atoms with E-state index in [-0.39, 0.29) is 21.8 Å². The van der Waals surface area contributed by atoms with Crippen molar-refractivity contribution in [1.82, 2.24) is 4.72 Å². The first kappa shape index (κ1) is 15.7. The van der Waals surface area contributed by atoms with Gasteiger partial charge < -0.3 is 4.74 Å². The zero-order valence-electron chi connectivity index (χ0n) is 9.90. The molecular weight excluding hydrogens is 297 g/mol. The normalized spacial score (nSPS) is 13.5. The highest BCUT2D eigenvalue weighted by atomic mass is 35.5. The largest absolute Gasteiger partial charge is 0.385 e. The third kappa shape index (κ3) is 4.40. The van der Waals surface area contributed by atoms with Crippen LogP contribution in [0, 0.1) is 0 Å². The Morgan fingerprint density at radius 2 is 2.06 bits per heavy atom. The van der Waals surface area contributed by atoms with E-state index in [0.717, 1.165) is 0 Å². The fourth-order valence-electron chi connectivity index (χ4n) is 1.37. The van der Waals surface area contributed by atoms with Crippen LogP contribution in [0.4, 0.5) is 0 Å². The Morgan fingerprint density at radius 1 is 1.39 bits per heavy atom. The topological polar surface area (TPSA) is 55.4 Å². The molecule has 1 unspecified atom stereocenters. The van der Waals surface area contributed by atoms with Crippen molar-refractivity contribution in [2.75, 3.05) is 19.6 Å². The lowest BCUT2D eigenvalue weighted by Crippen LogP contribution is -2.37. The minimum absolute atomic E-state index is 0.0548. The Balaban J connectivity index is 2.84. The van der Waals surface area contributed by atoms with Gasteiger partial charge in [0.05, 0.1) is 5.02 Å². The van der Waals surface area contributed by atoms with Crippen molar-refractivity contribution in [2.24, 2.45) is 0 Å². The number of hydrogen-bond donors (Lipinski definition) is 1. The molecule has 0 aromatic heterocycles. The molecule has 102 valence electrons. The minimum atomic E-state index is -3.65. The van der Waals surface area contributed by atoms with E-state index in [1.165, 1.54) is 12.1 Å². The molecule has 1 N–H and O–H groups in total. The van der Waals surface area contributed by atoms with Gasteiger partial charge in [0.15, 0.2) is 0 Å². The predicted octanol–water partition coefficient (Wildman–Crippen LogP) is 2.26. The van der Waals surface area contributed by atoms with Crippen molar-refractivity contribution < 1.29 is 13.2 Å². The molecule has 1 rings (SSSR count). The van der Waals surface area contributed by atoms with Crippen LogP contribution in [0.2, 0.25) is 5.02 Å². The zero-order chi connectivity index (χ0) is 13.6. The summed E-state index contributed by atoms with van der Waals surface area (Å²) in [5, 5.41) is 0.185. The van der Waals surface area contributed by atoms with Crippen molar-refractivity contribution in [3.05, 3.63) is 29.3 Å². The molecule has 1 atom stereocenters. The first-order valence-corrected chi connectivity index (χ1v) is 7.72. The summed E-state index contributed by atoms with van der Waals surface area (Å²) < 4.78 is 31.6. The molecule has 0 heterocycles. The van der Waals surface area contributed by atoms with Crippen molar-refractivity contribution >= 4 is 33.2 Å². The number of nitrogens with one attached hydrogen (secondary N) is 1. The number of rotatable bonds is 7. The standard InChI is InChI=1S/C11H15Cl2NO3S/c1-17-7-6-9(8-12)14-18(15,16)11-5-3-2-4-10(11)13/h2-5,9,14H,6-8H2,1H3. The van der Waals surface area contributed by atoms with Crippen LogP contribution in [-0.4, -0.2) is 34.1 Å². The van der Waals surface area contributed by atoms with E-state index in [1.807, 2.05) is 0 Å². The third-order valence-corrected chi connectivity index (χ3v) is 4.70. The van der Waals surface area contributed by atoms with Crippen LogP contribution in [0.25, 0.3) is 0 Å². The zero-order valence-corrected chi connectivity index (χ0v) is 12.2. The lowest BCUT2D eigenvalue weighted by atomic mass is 10.3. The van der Waals surface area contributed by atoms with Gasteiger partial charge in [0.1, 0.15) is 4.90 Å². The average Bonchev–Trinajstić information content (AvgIpc) is 2.34. The van der Waals surface area contributed by atoms with Crippen LogP contribution in [0.5, 0.6) is 0 Å². The van der Waals surface area contributed by atoms with Gasteiger partial charge in [-0.1, -0.05) is 23.7 Å². The lowest BCUT2D eigenvalue weighted by molar-refractivity contribution is 0.188. The maximum Gasteiger partial charge on any atom is 0.242 e. The summed E-state index contributed by atoms with van der Waals surface area (Å²) in [5.41, 5.74) is 0. The number of halogens is 2.